The molecule has 3 nitrogen and oxygen atoms in total. The van der Waals surface area contributed by atoms with Crippen molar-refractivity contribution in [2.75, 3.05) is 0 Å². The van der Waals surface area contributed by atoms with Crippen LogP contribution in [0.2, 0.25) is 0 Å². The summed E-state index contributed by atoms with van der Waals surface area (Å²) in [6.07, 6.45) is 0. The van der Waals surface area contributed by atoms with Crippen LogP contribution in [0.1, 0.15) is 0 Å². The zero-order valence-corrected chi connectivity index (χ0v) is 13.6. The number of hydrogen-bond donors (Lipinski definition) is 3. The summed E-state index contributed by atoms with van der Waals surface area (Å²) in [7, 11) is 0. The van der Waals surface area contributed by atoms with Crippen LogP contribution in [0.5, 0.6) is 17.2 Å². The molecule has 112 valence electrons. The van der Waals surface area contributed by atoms with Gasteiger partial charge in [-0.05, 0) is 36.4 Å². The third kappa shape index (κ3) is 10.5. The van der Waals surface area contributed by atoms with Gasteiger partial charge in [-0.2, -0.15) is 0 Å². The molecule has 0 bridgehead atoms. The van der Waals surface area contributed by atoms with E-state index in [0.29, 0.717) is 17.2 Å². The molecule has 3 aromatic carbocycles. The van der Waals surface area contributed by atoms with Gasteiger partial charge in [-0.25, -0.2) is 0 Å². The molecule has 0 aromatic heterocycles. The monoisotopic (exact) mass is 330 g/mol. The second-order valence-electron chi connectivity index (χ2n) is 4.01. The Hall–Kier alpha value is -2.23. The van der Waals surface area contributed by atoms with Crippen LogP contribution in [0.4, 0.5) is 0 Å². The minimum atomic E-state index is 0. The molecule has 0 spiro atoms. The van der Waals surface area contributed by atoms with Gasteiger partial charge in [0.1, 0.15) is 17.2 Å². The molecule has 0 atom stereocenters. The van der Waals surface area contributed by atoms with Crippen LogP contribution < -0.4 is 0 Å². The topological polar surface area (TPSA) is 60.7 Å². The fourth-order valence-electron chi connectivity index (χ4n) is 1.28. The van der Waals surface area contributed by atoms with E-state index in [-0.39, 0.29) is 21.7 Å². The number of benzene rings is 3. The number of rotatable bonds is 0. The van der Waals surface area contributed by atoms with E-state index in [4.69, 9.17) is 15.3 Å². The Morgan fingerprint density at radius 2 is 0.545 bits per heavy atom. The fourth-order valence-corrected chi connectivity index (χ4v) is 1.28. The predicted octanol–water partition coefficient (Wildman–Crippen LogP) is 4.17. The molecular formula is C18H18O3Ti. The van der Waals surface area contributed by atoms with Crippen molar-refractivity contribution >= 4 is 0 Å². The summed E-state index contributed by atoms with van der Waals surface area (Å²) in [5.41, 5.74) is 0. The van der Waals surface area contributed by atoms with Gasteiger partial charge in [0.2, 0.25) is 0 Å². The van der Waals surface area contributed by atoms with Gasteiger partial charge in [0.15, 0.2) is 0 Å². The molecule has 0 saturated carbocycles. The maximum atomic E-state index is 8.63. The van der Waals surface area contributed by atoms with E-state index in [1.54, 1.807) is 72.8 Å². The first-order chi connectivity index (χ1) is 10.2. The molecule has 0 saturated heterocycles. The van der Waals surface area contributed by atoms with Crippen LogP contribution in [0, 0.1) is 0 Å². The van der Waals surface area contributed by atoms with Crippen molar-refractivity contribution in [3.63, 3.8) is 0 Å². The normalized spacial score (nSPS) is 8.18. The summed E-state index contributed by atoms with van der Waals surface area (Å²) in [6.45, 7) is 0. The van der Waals surface area contributed by atoms with E-state index in [0.717, 1.165) is 0 Å². The number of para-hydroxylation sites is 3. The van der Waals surface area contributed by atoms with Gasteiger partial charge in [0, 0.05) is 21.7 Å². The van der Waals surface area contributed by atoms with E-state index in [1.165, 1.54) is 0 Å². The standard InChI is InChI=1S/3C6H6O.Ti/c3*7-6-4-2-1-3-5-6;/h3*1-5,7H;. The van der Waals surface area contributed by atoms with Gasteiger partial charge in [-0.15, -0.1) is 0 Å². The predicted molar refractivity (Wildman–Crippen MR) is 84.3 cm³/mol. The molecule has 0 amide bonds. The van der Waals surface area contributed by atoms with E-state index in [1.807, 2.05) is 18.2 Å². The average Bonchev–Trinajstić information content (AvgIpc) is 2.51. The van der Waals surface area contributed by atoms with Crippen LogP contribution in [-0.4, -0.2) is 15.3 Å². The molecule has 0 heterocycles. The Bertz CT molecular complexity index is 497. The summed E-state index contributed by atoms with van der Waals surface area (Å²) >= 11 is 0. The minimum Gasteiger partial charge on any atom is -0.508 e. The van der Waals surface area contributed by atoms with E-state index < -0.39 is 0 Å². The van der Waals surface area contributed by atoms with Crippen LogP contribution in [-0.2, 0) is 21.7 Å². The summed E-state index contributed by atoms with van der Waals surface area (Å²) in [5.74, 6) is 0.965. The number of phenols is 3. The van der Waals surface area contributed by atoms with Crippen molar-refractivity contribution in [3.8, 4) is 17.2 Å². The van der Waals surface area contributed by atoms with Crippen LogP contribution in [0.25, 0.3) is 0 Å². The molecule has 4 heteroatoms. The van der Waals surface area contributed by atoms with Gasteiger partial charge in [0.25, 0.3) is 0 Å². The summed E-state index contributed by atoms with van der Waals surface area (Å²) < 4.78 is 0. The largest absolute Gasteiger partial charge is 0.508 e. The van der Waals surface area contributed by atoms with Crippen LogP contribution in [0.15, 0.2) is 91.0 Å². The average molecular weight is 330 g/mol. The van der Waals surface area contributed by atoms with Crippen LogP contribution in [0.3, 0.4) is 0 Å². The van der Waals surface area contributed by atoms with Crippen molar-refractivity contribution < 1.29 is 37.0 Å². The molecule has 0 fully saturated rings. The SMILES string of the molecule is Oc1ccccc1.Oc1ccccc1.Oc1ccccc1.[Ti]. The smallest absolute Gasteiger partial charge is 0.115 e. The third-order valence-electron chi connectivity index (χ3n) is 2.27. The Labute approximate surface area is 145 Å². The maximum absolute atomic E-state index is 8.63. The Morgan fingerprint density at radius 1 is 0.364 bits per heavy atom. The van der Waals surface area contributed by atoms with Gasteiger partial charge < -0.3 is 15.3 Å². The minimum absolute atomic E-state index is 0. The fraction of sp³-hybridized carbons (Fsp3) is 0. The summed E-state index contributed by atoms with van der Waals surface area (Å²) in [4.78, 5) is 0. The molecule has 0 unspecified atom stereocenters. The first kappa shape index (κ1) is 19.8. The first-order valence-corrected chi connectivity index (χ1v) is 6.40. The molecule has 3 N–H and O–H groups in total. The molecule has 3 rings (SSSR count). The molecule has 0 aliphatic heterocycles. The first-order valence-electron chi connectivity index (χ1n) is 6.40. The summed E-state index contributed by atoms with van der Waals surface area (Å²) in [5, 5.41) is 25.9. The van der Waals surface area contributed by atoms with E-state index >= 15 is 0 Å². The second kappa shape index (κ2) is 12.5. The summed E-state index contributed by atoms with van der Waals surface area (Å²) in [6, 6.07) is 26.1. The van der Waals surface area contributed by atoms with Crippen molar-refractivity contribution in [3.05, 3.63) is 91.0 Å². The Morgan fingerprint density at radius 3 is 0.636 bits per heavy atom. The Balaban J connectivity index is 0.000000294. The van der Waals surface area contributed by atoms with E-state index in [2.05, 4.69) is 0 Å². The third-order valence-corrected chi connectivity index (χ3v) is 2.27. The van der Waals surface area contributed by atoms with E-state index in [9.17, 15) is 0 Å². The zero-order chi connectivity index (χ0) is 15.3. The van der Waals surface area contributed by atoms with Crippen LogP contribution >= 0.6 is 0 Å². The number of phenolic OH excluding ortho intramolecular Hbond substituents is 3. The van der Waals surface area contributed by atoms with Crippen molar-refractivity contribution in [1.82, 2.24) is 0 Å². The number of hydrogen-bond acceptors (Lipinski definition) is 3. The quantitative estimate of drug-likeness (QED) is 0.542. The van der Waals surface area contributed by atoms with Gasteiger partial charge in [0.05, 0.1) is 0 Å². The van der Waals surface area contributed by atoms with Crippen molar-refractivity contribution in [2.24, 2.45) is 0 Å². The molecule has 0 radical (unpaired) electrons. The molecular weight excluding hydrogens is 312 g/mol. The maximum Gasteiger partial charge on any atom is 0.115 e. The second-order valence-corrected chi connectivity index (χ2v) is 4.01. The number of aromatic hydroxyl groups is 3. The van der Waals surface area contributed by atoms with Crippen molar-refractivity contribution in [2.45, 2.75) is 0 Å². The molecule has 0 aliphatic carbocycles. The van der Waals surface area contributed by atoms with Gasteiger partial charge in [-0.3, -0.25) is 0 Å². The van der Waals surface area contributed by atoms with Gasteiger partial charge in [-0.1, -0.05) is 54.6 Å². The zero-order valence-electron chi connectivity index (χ0n) is 12.0. The Kier molecular flexibility index (Phi) is 11.2. The molecule has 22 heavy (non-hydrogen) atoms. The van der Waals surface area contributed by atoms with Crippen molar-refractivity contribution in [1.29, 1.82) is 0 Å². The molecule has 3 aromatic rings. The van der Waals surface area contributed by atoms with Gasteiger partial charge >= 0.3 is 0 Å². The molecule has 0 aliphatic rings.